The molecule has 0 saturated carbocycles. The lowest BCUT2D eigenvalue weighted by atomic mass is 10.4. The zero-order valence-corrected chi connectivity index (χ0v) is 10.3. The van der Waals surface area contributed by atoms with Crippen molar-refractivity contribution in [1.82, 2.24) is 14.1 Å². The van der Waals surface area contributed by atoms with Gasteiger partial charge >= 0.3 is 5.69 Å². The van der Waals surface area contributed by atoms with E-state index in [2.05, 4.69) is 15.2 Å². The summed E-state index contributed by atoms with van der Waals surface area (Å²) in [6, 6.07) is 3.30. The predicted octanol–water partition coefficient (Wildman–Crippen LogP) is 0.600. The minimum atomic E-state index is -0.715. The summed E-state index contributed by atoms with van der Waals surface area (Å²) < 4.78 is 1.76. The van der Waals surface area contributed by atoms with Crippen LogP contribution in [0.4, 0.5) is 11.4 Å². The molecule has 0 radical (unpaired) electrons. The average Bonchev–Trinajstić information content (AvgIpc) is 2.44. The SMILES string of the molecule is Cn1c(O)c(N=Nc2cccnc2)c(=O)n(C)c1=O. The van der Waals surface area contributed by atoms with Crippen molar-refractivity contribution in [3.63, 3.8) is 0 Å². The highest BCUT2D eigenvalue weighted by Crippen LogP contribution is 2.21. The minimum Gasteiger partial charge on any atom is -0.493 e. The van der Waals surface area contributed by atoms with Crippen LogP contribution in [0.5, 0.6) is 5.88 Å². The molecule has 1 N–H and O–H groups in total. The van der Waals surface area contributed by atoms with Gasteiger partial charge in [-0.1, -0.05) is 0 Å². The first-order valence-corrected chi connectivity index (χ1v) is 5.33. The third-order valence-corrected chi connectivity index (χ3v) is 2.52. The van der Waals surface area contributed by atoms with Gasteiger partial charge in [0.15, 0.2) is 0 Å². The number of rotatable bonds is 2. The van der Waals surface area contributed by atoms with Gasteiger partial charge in [0.25, 0.3) is 5.56 Å². The Morgan fingerprint density at radius 2 is 1.95 bits per heavy atom. The van der Waals surface area contributed by atoms with Crippen molar-refractivity contribution in [3.05, 3.63) is 45.4 Å². The molecule has 0 fully saturated rings. The number of aromatic hydroxyl groups is 1. The first kappa shape index (κ1) is 12.7. The van der Waals surface area contributed by atoms with E-state index < -0.39 is 17.1 Å². The van der Waals surface area contributed by atoms with Crippen molar-refractivity contribution >= 4 is 11.4 Å². The Morgan fingerprint density at radius 3 is 2.58 bits per heavy atom. The molecule has 2 rings (SSSR count). The van der Waals surface area contributed by atoms with E-state index in [-0.39, 0.29) is 5.69 Å². The average molecular weight is 261 g/mol. The minimum absolute atomic E-state index is 0.298. The van der Waals surface area contributed by atoms with Crippen molar-refractivity contribution in [2.75, 3.05) is 0 Å². The highest BCUT2D eigenvalue weighted by molar-refractivity contribution is 5.44. The second kappa shape index (κ2) is 4.84. The highest BCUT2D eigenvalue weighted by atomic mass is 16.3. The zero-order valence-electron chi connectivity index (χ0n) is 10.3. The van der Waals surface area contributed by atoms with Gasteiger partial charge in [0, 0.05) is 20.3 Å². The van der Waals surface area contributed by atoms with Gasteiger partial charge < -0.3 is 5.11 Å². The van der Waals surface area contributed by atoms with E-state index in [1.807, 2.05) is 0 Å². The molecule has 2 aromatic rings. The van der Waals surface area contributed by atoms with Crippen LogP contribution in [-0.4, -0.2) is 19.2 Å². The molecule has 0 bridgehead atoms. The second-order valence-corrected chi connectivity index (χ2v) is 3.79. The fraction of sp³-hybridized carbons (Fsp3) is 0.182. The third kappa shape index (κ3) is 2.28. The molecule has 0 atom stereocenters. The van der Waals surface area contributed by atoms with Gasteiger partial charge in [-0.25, -0.2) is 4.79 Å². The lowest BCUT2D eigenvalue weighted by molar-refractivity contribution is 0.413. The molecule has 2 heterocycles. The van der Waals surface area contributed by atoms with Crippen LogP contribution in [0, 0.1) is 0 Å². The fourth-order valence-corrected chi connectivity index (χ4v) is 1.42. The summed E-state index contributed by atoms with van der Waals surface area (Å²) in [7, 11) is 2.63. The molecular formula is C11H11N5O3. The Balaban J connectivity index is 2.56. The lowest BCUT2D eigenvalue weighted by Crippen LogP contribution is -2.36. The van der Waals surface area contributed by atoms with E-state index in [9.17, 15) is 14.7 Å². The smallest absolute Gasteiger partial charge is 0.333 e. The Hall–Kier alpha value is -2.77. The van der Waals surface area contributed by atoms with Gasteiger partial charge in [0.05, 0.1) is 6.20 Å². The maximum Gasteiger partial charge on any atom is 0.333 e. The van der Waals surface area contributed by atoms with E-state index in [1.54, 1.807) is 18.3 Å². The van der Waals surface area contributed by atoms with Crippen LogP contribution in [0.2, 0.25) is 0 Å². The number of azo groups is 1. The van der Waals surface area contributed by atoms with Crippen LogP contribution in [0.3, 0.4) is 0 Å². The van der Waals surface area contributed by atoms with E-state index >= 15 is 0 Å². The van der Waals surface area contributed by atoms with Crippen LogP contribution >= 0.6 is 0 Å². The monoisotopic (exact) mass is 261 g/mol. The molecule has 8 heteroatoms. The van der Waals surface area contributed by atoms with Gasteiger partial charge in [0.2, 0.25) is 11.6 Å². The molecule has 19 heavy (non-hydrogen) atoms. The van der Waals surface area contributed by atoms with Crippen molar-refractivity contribution < 1.29 is 5.11 Å². The third-order valence-electron chi connectivity index (χ3n) is 2.52. The summed E-state index contributed by atoms with van der Waals surface area (Å²) in [5.74, 6) is -0.527. The number of nitrogens with zero attached hydrogens (tertiary/aromatic N) is 5. The van der Waals surface area contributed by atoms with Crippen LogP contribution in [-0.2, 0) is 14.1 Å². The summed E-state index contributed by atoms with van der Waals surface area (Å²) in [4.78, 5) is 27.2. The molecule has 0 saturated heterocycles. The van der Waals surface area contributed by atoms with E-state index in [0.717, 1.165) is 9.13 Å². The maximum absolute atomic E-state index is 11.8. The molecular weight excluding hydrogens is 250 g/mol. The summed E-state index contributed by atoms with van der Waals surface area (Å²) in [5, 5.41) is 17.2. The van der Waals surface area contributed by atoms with Crippen molar-refractivity contribution in [2.24, 2.45) is 24.3 Å². The first-order chi connectivity index (χ1) is 9.02. The Kier molecular flexibility index (Phi) is 3.23. The predicted molar refractivity (Wildman–Crippen MR) is 67.0 cm³/mol. The number of hydrogen-bond donors (Lipinski definition) is 1. The number of aromatic nitrogens is 3. The van der Waals surface area contributed by atoms with E-state index in [0.29, 0.717) is 5.69 Å². The van der Waals surface area contributed by atoms with E-state index in [1.165, 1.54) is 20.3 Å². The quantitative estimate of drug-likeness (QED) is 0.799. The highest BCUT2D eigenvalue weighted by Gasteiger charge is 2.14. The molecule has 0 spiro atoms. The second-order valence-electron chi connectivity index (χ2n) is 3.79. The summed E-state index contributed by atoms with van der Waals surface area (Å²) >= 11 is 0. The summed E-state index contributed by atoms with van der Waals surface area (Å²) in [5.41, 5.74) is -1.22. The zero-order chi connectivity index (χ0) is 14.0. The molecule has 0 unspecified atom stereocenters. The molecule has 98 valence electrons. The summed E-state index contributed by atoms with van der Waals surface area (Å²) in [6.45, 7) is 0. The van der Waals surface area contributed by atoms with Crippen LogP contribution in [0.1, 0.15) is 0 Å². The van der Waals surface area contributed by atoms with E-state index in [4.69, 9.17) is 0 Å². The molecule has 0 aromatic carbocycles. The lowest BCUT2D eigenvalue weighted by Gasteiger charge is -2.05. The van der Waals surface area contributed by atoms with Gasteiger partial charge in [-0.2, -0.15) is 0 Å². The molecule has 0 aliphatic heterocycles. The number of hydrogen-bond acceptors (Lipinski definition) is 6. The molecule has 2 aromatic heterocycles. The maximum atomic E-state index is 11.8. The molecule has 0 amide bonds. The standard InChI is InChI=1S/C11H11N5O3/c1-15-9(17)8(10(18)16(2)11(15)19)14-13-7-4-3-5-12-6-7/h3-6,17H,1-2H3. The molecule has 0 aliphatic rings. The Bertz CT molecular complexity index is 745. The van der Waals surface area contributed by atoms with Crippen LogP contribution in [0.15, 0.2) is 44.3 Å². The van der Waals surface area contributed by atoms with Gasteiger partial charge in [-0.05, 0) is 12.1 Å². The van der Waals surface area contributed by atoms with Gasteiger partial charge in [-0.3, -0.25) is 18.9 Å². The summed E-state index contributed by atoms with van der Waals surface area (Å²) in [6.07, 6.45) is 3.02. The van der Waals surface area contributed by atoms with Crippen molar-refractivity contribution in [2.45, 2.75) is 0 Å². The Labute approximate surface area is 107 Å². The molecule has 8 nitrogen and oxygen atoms in total. The number of pyridine rings is 1. The van der Waals surface area contributed by atoms with Crippen LogP contribution < -0.4 is 11.2 Å². The van der Waals surface area contributed by atoms with Crippen molar-refractivity contribution in [1.29, 1.82) is 0 Å². The normalized spacial score (nSPS) is 11.1. The van der Waals surface area contributed by atoms with Gasteiger partial charge in [0.1, 0.15) is 5.69 Å². The topological polar surface area (TPSA) is 102 Å². The first-order valence-electron chi connectivity index (χ1n) is 5.33. The van der Waals surface area contributed by atoms with Crippen molar-refractivity contribution in [3.8, 4) is 5.88 Å². The van der Waals surface area contributed by atoms with Crippen LogP contribution in [0.25, 0.3) is 0 Å². The fourth-order valence-electron chi connectivity index (χ4n) is 1.42. The largest absolute Gasteiger partial charge is 0.493 e. The van der Waals surface area contributed by atoms with Gasteiger partial charge in [-0.15, -0.1) is 10.2 Å². The Morgan fingerprint density at radius 1 is 1.21 bits per heavy atom. The molecule has 0 aliphatic carbocycles.